The summed E-state index contributed by atoms with van der Waals surface area (Å²) in [6.07, 6.45) is -2.81. The maximum Gasteiger partial charge on any atom is 0.434 e. The Morgan fingerprint density at radius 1 is 1.25 bits per heavy atom. The Morgan fingerprint density at radius 2 is 2.00 bits per heavy atom. The highest BCUT2D eigenvalue weighted by Gasteiger charge is 2.33. The van der Waals surface area contributed by atoms with E-state index in [1.165, 1.54) is 0 Å². The fourth-order valence-electron chi connectivity index (χ4n) is 1.99. The number of rotatable bonds is 8. The average Bonchev–Trinajstić information content (AvgIpc) is 3.12. The lowest BCUT2D eigenvalue weighted by molar-refractivity contribution is -0.140. The van der Waals surface area contributed by atoms with Crippen molar-refractivity contribution >= 4 is 41.3 Å². The molecule has 0 radical (unpaired) electrons. The van der Waals surface area contributed by atoms with Gasteiger partial charge in [-0.1, -0.05) is 6.07 Å². The quantitative estimate of drug-likeness (QED) is 0.236. The summed E-state index contributed by atoms with van der Waals surface area (Å²) in [6, 6.07) is 3.64. The van der Waals surface area contributed by atoms with Crippen molar-refractivity contribution in [2.45, 2.75) is 19.3 Å². The van der Waals surface area contributed by atoms with Gasteiger partial charge < -0.3 is 20.1 Å². The molecule has 0 saturated carbocycles. The van der Waals surface area contributed by atoms with Gasteiger partial charge in [-0.25, -0.2) is 9.97 Å². The van der Waals surface area contributed by atoms with Gasteiger partial charge in [0, 0.05) is 37.8 Å². The van der Waals surface area contributed by atoms with Crippen LogP contribution in [0.4, 0.5) is 13.2 Å². The molecule has 2 heterocycles. The summed E-state index contributed by atoms with van der Waals surface area (Å²) >= 11 is 0.939. The first-order valence-electron chi connectivity index (χ1n) is 7.95. The van der Waals surface area contributed by atoms with Crippen LogP contribution in [-0.4, -0.2) is 43.3 Å². The monoisotopic (exact) mass is 531 g/mol. The molecule has 2 aromatic rings. The van der Waals surface area contributed by atoms with Crippen molar-refractivity contribution in [3.05, 3.63) is 40.0 Å². The molecular formula is C16H21F3IN5O2S. The van der Waals surface area contributed by atoms with Crippen LogP contribution in [0.25, 0.3) is 0 Å². The van der Waals surface area contributed by atoms with Gasteiger partial charge in [-0.2, -0.15) is 13.2 Å². The summed E-state index contributed by atoms with van der Waals surface area (Å²) in [6.45, 7) is 1.33. The molecule has 2 N–H and O–H groups in total. The first-order chi connectivity index (χ1) is 12.9. The molecule has 12 heteroatoms. The summed E-state index contributed by atoms with van der Waals surface area (Å²) in [5, 5.41) is 7.30. The van der Waals surface area contributed by atoms with Crippen LogP contribution < -0.4 is 15.4 Å². The number of aromatic nitrogens is 2. The third kappa shape index (κ3) is 7.75. The highest BCUT2D eigenvalue weighted by molar-refractivity contribution is 14.0. The molecule has 0 aromatic carbocycles. The third-order valence-electron chi connectivity index (χ3n) is 3.30. The van der Waals surface area contributed by atoms with Crippen LogP contribution >= 0.6 is 35.3 Å². The number of aliphatic imine (C=N–C) groups is 1. The molecule has 0 aliphatic carbocycles. The zero-order valence-electron chi connectivity index (χ0n) is 15.2. The second-order valence-corrected chi connectivity index (χ2v) is 6.16. The van der Waals surface area contributed by atoms with Gasteiger partial charge in [-0.15, -0.1) is 35.3 Å². The molecule has 0 aliphatic heterocycles. The van der Waals surface area contributed by atoms with Gasteiger partial charge in [0.15, 0.2) is 11.7 Å². The minimum Gasteiger partial charge on any atom is -0.475 e. The van der Waals surface area contributed by atoms with Gasteiger partial charge in [0.05, 0.1) is 13.2 Å². The van der Waals surface area contributed by atoms with Crippen molar-refractivity contribution in [1.29, 1.82) is 0 Å². The van der Waals surface area contributed by atoms with Crippen LogP contribution in [0, 0.1) is 0 Å². The number of hydrogen-bond acceptors (Lipinski definition) is 6. The summed E-state index contributed by atoms with van der Waals surface area (Å²) in [5.41, 5.74) is -0.0781. The summed E-state index contributed by atoms with van der Waals surface area (Å²) < 4.78 is 48.3. The minimum atomic E-state index is -4.44. The van der Waals surface area contributed by atoms with E-state index in [-0.39, 0.29) is 30.5 Å². The number of nitrogens with one attached hydrogen (secondary N) is 2. The van der Waals surface area contributed by atoms with E-state index >= 15 is 0 Å². The Hall–Kier alpha value is -1.67. The molecule has 2 rings (SSSR count). The average molecular weight is 531 g/mol. The molecule has 0 unspecified atom stereocenters. The van der Waals surface area contributed by atoms with Crippen LogP contribution in [0.3, 0.4) is 0 Å². The van der Waals surface area contributed by atoms with E-state index in [0.717, 1.165) is 22.3 Å². The van der Waals surface area contributed by atoms with Crippen LogP contribution in [0.15, 0.2) is 28.7 Å². The number of pyridine rings is 1. The Labute approximate surface area is 181 Å². The zero-order chi connectivity index (χ0) is 19.7. The van der Waals surface area contributed by atoms with Gasteiger partial charge in [0.2, 0.25) is 5.88 Å². The minimum absolute atomic E-state index is 0. The molecule has 156 valence electrons. The Morgan fingerprint density at radius 3 is 2.64 bits per heavy atom. The van der Waals surface area contributed by atoms with E-state index in [2.05, 4.69) is 25.6 Å². The molecule has 0 amide bonds. The van der Waals surface area contributed by atoms with Crippen molar-refractivity contribution in [2.75, 3.05) is 27.4 Å². The first kappa shape index (κ1) is 24.4. The first-order valence-corrected chi connectivity index (χ1v) is 8.83. The molecule has 0 spiro atoms. The van der Waals surface area contributed by atoms with Crippen molar-refractivity contribution in [3.8, 4) is 5.88 Å². The molecular weight excluding hydrogens is 510 g/mol. The zero-order valence-corrected chi connectivity index (χ0v) is 18.4. The van der Waals surface area contributed by atoms with Gasteiger partial charge in [-0.05, 0) is 6.07 Å². The van der Waals surface area contributed by atoms with Gasteiger partial charge in [0.1, 0.15) is 11.6 Å². The van der Waals surface area contributed by atoms with Crippen LogP contribution in [0.2, 0.25) is 0 Å². The highest BCUT2D eigenvalue weighted by atomic mass is 127. The van der Waals surface area contributed by atoms with Crippen LogP contribution in [0.1, 0.15) is 16.3 Å². The molecule has 28 heavy (non-hydrogen) atoms. The Bertz CT molecular complexity index is 758. The standard InChI is InChI=1S/C16H20F3N5O2S.HI/c1-20-15(23-9-13-24-12(10-27-13)16(17,18)19)22-8-11-4-3-5-21-14(11)26-7-6-25-2;/h3-5,10H,6-9H2,1-2H3,(H2,20,22,23);1H. The maximum absolute atomic E-state index is 12.6. The Kier molecular flexibility index (Phi) is 10.5. The molecule has 7 nitrogen and oxygen atoms in total. The van der Waals surface area contributed by atoms with E-state index in [1.807, 2.05) is 6.07 Å². The summed E-state index contributed by atoms with van der Waals surface area (Å²) in [4.78, 5) is 11.8. The molecule has 0 saturated heterocycles. The van der Waals surface area contributed by atoms with E-state index in [0.29, 0.717) is 36.6 Å². The number of thiazole rings is 1. The van der Waals surface area contributed by atoms with E-state index in [4.69, 9.17) is 9.47 Å². The van der Waals surface area contributed by atoms with Gasteiger partial charge >= 0.3 is 6.18 Å². The second kappa shape index (κ2) is 12.0. The SMILES string of the molecule is CN=C(NCc1nc(C(F)(F)F)cs1)NCc1cccnc1OCCOC.I. The second-order valence-electron chi connectivity index (χ2n) is 5.21. The lowest BCUT2D eigenvalue weighted by Crippen LogP contribution is -2.36. The predicted octanol–water partition coefficient (Wildman–Crippen LogP) is 3.07. The van der Waals surface area contributed by atoms with E-state index in [1.54, 1.807) is 26.4 Å². The fourth-order valence-corrected chi connectivity index (χ4v) is 2.73. The number of halogens is 4. The Balaban J connectivity index is 0.00000392. The van der Waals surface area contributed by atoms with Crippen molar-refractivity contribution in [3.63, 3.8) is 0 Å². The highest BCUT2D eigenvalue weighted by Crippen LogP contribution is 2.29. The lowest BCUT2D eigenvalue weighted by Gasteiger charge is -2.13. The number of alkyl halides is 3. The van der Waals surface area contributed by atoms with Gasteiger partial charge in [0.25, 0.3) is 0 Å². The largest absolute Gasteiger partial charge is 0.475 e. The number of hydrogen-bond donors (Lipinski definition) is 2. The normalized spacial score (nSPS) is 11.7. The topological polar surface area (TPSA) is 80.7 Å². The lowest BCUT2D eigenvalue weighted by atomic mass is 10.2. The predicted molar refractivity (Wildman–Crippen MR) is 111 cm³/mol. The van der Waals surface area contributed by atoms with Crippen LogP contribution in [0.5, 0.6) is 5.88 Å². The summed E-state index contributed by atoms with van der Waals surface area (Å²) in [7, 11) is 3.15. The fraction of sp³-hybridized carbons (Fsp3) is 0.438. The van der Waals surface area contributed by atoms with Gasteiger partial charge in [-0.3, -0.25) is 4.99 Å². The number of nitrogens with zero attached hydrogens (tertiary/aromatic N) is 3. The number of ether oxygens (including phenoxy) is 2. The van der Waals surface area contributed by atoms with E-state index < -0.39 is 11.9 Å². The smallest absolute Gasteiger partial charge is 0.434 e. The number of guanidine groups is 1. The molecule has 2 aromatic heterocycles. The summed E-state index contributed by atoms with van der Waals surface area (Å²) in [5.74, 6) is 0.901. The maximum atomic E-state index is 12.6. The van der Waals surface area contributed by atoms with Crippen molar-refractivity contribution in [1.82, 2.24) is 20.6 Å². The van der Waals surface area contributed by atoms with E-state index in [9.17, 15) is 13.2 Å². The molecule has 0 aliphatic rings. The third-order valence-corrected chi connectivity index (χ3v) is 4.14. The molecule has 0 atom stereocenters. The van der Waals surface area contributed by atoms with Crippen molar-refractivity contribution in [2.24, 2.45) is 4.99 Å². The van der Waals surface area contributed by atoms with Crippen LogP contribution in [-0.2, 0) is 24.0 Å². The molecule has 0 bridgehead atoms. The van der Waals surface area contributed by atoms with Crippen molar-refractivity contribution < 1.29 is 22.6 Å². The number of methoxy groups -OCH3 is 1. The molecule has 0 fully saturated rings.